The lowest BCUT2D eigenvalue weighted by Crippen LogP contribution is -2.35. The quantitative estimate of drug-likeness (QED) is 0.604. The van der Waals surface area contributed by atoms with Crippen LogP contribution in [0.1, 0.15) is 23.6 Å². The molecule has 4 rings (SSSR count). The summed E-state index contributed by atoms with van der Waals surface area (Å²) in [6.07, 6.45) is 2.51. The van der Waals surface area contributed by atoms with E-state index in [2.05, 4.69) is 10.1 Å². The summed E-state index contributed by atoms with van der Waals surface area (Å²) in [6.45, 7) is 4.66. The van der Waals surface area contributed by atoms with Crippen LogP contribution in [0.3, 0.4) is 0 Å². The van der Waals surface area contributed by atoms with Gasteiger partial charge in [-0.1, -0.05) is 30.3 Å². The SMILES string of the molecule is CCOc1cc(/C=C2\C(=N)N3N=C(S(C)(=O)=O)SC3=NC2=O)ccc1OCc1ccccc1C. The highest BCUT2D eigenvalue weighted by Crippen LogP contribution is 2.33. The van der Waals surface area contributed by atoms with Crippen molar-refractivity contribution in [2.24, 2.45) is 10.1 Å². The van der Waals surface area contributed by atoms with Gasteiger partial charge in [-0.15, -0.1) is 5.10 Å². The van der Waals surface area contributed by atoms with Crippen LogP contribution < -0.4 is 9.47 Å². The summed E-state index contributed by atoms with van der Waals surface area (Å²) in [5.74, 6) is 0.153. The zero-order valence-electron chi connectivity index (χ0n) is 18.7. The maximum atomic E-state index is 12.6. The zero-order chi connectivity index (χ0) is 24.5. The first-order chi connectivity index (χ1) is 16.2. The average molecular weight is 499 g/mol. The molecule has 1 N–H and O–H groups in total. The molecule has 0 radical (unpaired) electrons. The number of amidine groups is 2. The largest absolute Gasteiger partial charge is 0.490 e. The molecule has 9 nitrogen and oxygen atoms in total. The fourth-order valence-corrected chi connectivity index (χ4v) is 4.91. The molecule has 1 amide bonds. The molecule has 0 bridgehead atoms. The maximum absolute atomic E-state index is 12.6. The molecule has 2 aliphatic heterocycles. The molecule has 2 aromatic carbocycles. The summed E-state index contributed by atoms with van der Waals surface area (Å²) in [7, 11) is -3.59. The van der Waals surface area contributed by atoms with E-state index >= 15 is 0 Å². The number of carbonyl (C=O) groups excluding carboxylic acids is 1. The number of amides is 1. The van der Waals surface area contributed by atoms with Crippen LogP contribution in [0, 0.1) is 12.3 Å². The van der Waals surface area contributed by atoms with Crippen LogP contribution in [-0.2, 0) is 21.2 Å². The van der Waals surface area contributed by atoms with Gasteiger partial charge in [-0.25, -0.2) is 8.42 Å². The molecule has 0 spiro atoms. The molecule has 34 heavy (non-hydrogen) atoms. The van der Waals surface area contributed by atoms with E-state index in [9.17, 15) is 13.2 Å². The number of nitrogens with one attached hydrogen (secondary N) is 1. The van der Waals surface area contributed by atoms with Gasteiger partial charge >= 0.3 is 0 Å². The molecule has 2 aliphatic rings. The summed E-state index contributed by atoms with van der Waals surface area (Å²) >= 11 is 0.745. The second-order valence-corrected chi connectivity index (χ2v) is 10.7. The van der Waals surface area contributed by atoms with Crippen molar-refractivity contribution in [2.75, 3.05) is 12.9 Å². The smallest absolute Gasteiger partial charge is 0.283 e. The summed E-state index contributed by atoms with van der Waals surface area (Å²) < 4.78 is 35.1. The first-order valence-electron chi connectivity index (χ1n) is 10.3. The molecule has 0 fully saturated rings. The van der Waals surface area contributed by atoms with Crippen molar-refractivity contribution < 1.29 is 22.7 Å². The fraction of sp³-hybridized carbons (Fsp3) is 0.217. The van der Waals surface area contributed by atoms with Crippen molar-refractivity contribution in [1.29, 1.82) is 5.41 Å². The van der Waals surface area contributed by atoms with Gasteiger partial charge in [0.25, 0.3) is 5.91 Å². The van der Waals surface area contributed by atoms with Crippen LogP contribution in [0.4, 0.5) is 0 Å². The lowest BCUT2D eigenvalue weighted by molar-refractivity contribution is -0.114. The monoisotopic (exact) mass is 498 g/mol. The van der Waals surface area contributed by atoms with Gasteiger partial charge in [0.15, 0.2) is 17.3 Å². The van der Waals surface area contributed by atoms with Crippen LogP contribution in [0.25, 0.3) is 6.08 Å². The van der Waals surface area contributed by atoms with E-state index in [4.69, 9.17) is 14.9 Å². The number of hydrogen-bond acceptors (Lipinski definition) is 8. The van der Waals surface area contributed by atoms with Gasteiger partial charge in [0.05, 0.1) is 12.2 Å². The van der Waals surface area contributed by atoms with Crippen LogP contribution in [0.2, 0.25) is 0 Å². The predicted octanol–water partition coefficient (Wildman–Crippen LogP) is 3.59. The van der Waals surface area contributed by atoms with Gasteiger partial charge in [-0.2, -0.15) is 10.0 Å². The lowest BCUT2D eigenvalue weighted by atomic mass is 10.1. The van der Waals surface area contributed by atoms with Gasteiger partial charge in [0, 0.05) is 6.26 Å². The number of nitrogens with zero attached hydrogens (tertiary/aromatic N) is 3. The number of thioether (sulfide) groups is 1. The minimum absolute atomic E-state index is 0.0149. The Balaban J connectivity index is 1.61. The number of aryl methyl sites for hydroxylation is 1. The fourth-order valence-electron chi connectivity index (χ4n) is 3.22. The Morgan fingerprint density at radius 1 is 1.15 bits per heavy atom. The van der Waals surface area contributed by atoms with Crippen LogP contribution in [0.5, 0.6) is 11.5 Å². The Labute approximate surface area is 201 Å². The summed E-state index contributed by atoms with van der Waals surface area (Å²) in [5, 5.41) is 13.4. The van der Waals surface area contributed by atoms with E-state index < -0.39 is 15.7 Å². The van der Waals surface area contributed by atoms with Gasteiger partial charge < -0.3 is 9.47 Å². The summed E-state index contributed by atoms with van der Waals surface area (Å²) in [4.78, 5) is 16.5. The number of fused-ring (bicyclic) bond motifs is 1. The van der Waals surface area contributed by atoms with Gasteiger partial charge in [0.2, 0.25) is 19.4 Å². The van der Waals surface area contributed by atoms with Crippen molar-refractivity contribution in [3.8, 4) is 11.5 Å². The first kappa shape index (κ1) is 23.7. The first-order valence-corrected chi connectivity index (χ1v) is 13.0. The molecule has 0 saturated carbocycles. The Hall–Kier alpha value is -3.44. The minimum Gasteiger partial charge on any atom is -0.490 e. The molecule has 0 unspecified atom stereocenters. The number of hydrazone groups is 1. The molecular formula is C23H22N4O5S2. The molecule has 11 heteroatoms. The van der Waals surface area contributed by atoms with Gasteiger partial charge in [0.1, 0.15) is 6.61 Å². The van der Waals surface area contributed by atoms with Crippen molar-refractivity contribution in [1.82, 2.24) is 5.01 Å². The van der Waals surface area contributed by atoms with E-state index in [1.165, 1.54) is 6.08 Å². The Kier molecular flexibility index (Phi) is 6.58. The van der Waals surface area contributed by atoms with Crippen molar-refractivity contribution in [2.45, 2.75) is 20.5 Å². The van der Waals surface area contributed by atoms with Crippen LogP contribution in [-0.4, -0.2) is 47.6 Å². The van der Waals surface area contributed by atoms with E-state index in [0.29, 0.717) is 30.3 Å². The molecule has 0 saturated heterocycles. The minimum atomic E-state index is -3.59. The highest BCUT2D eigenvalue weighted by Gasteiger charge is 2.38. The van der Waals surface area contributed by atoms with Crippen molar-refractivity contribution in [3.05, 3.63) is 64.7 Å². The molecule has 2 heterocycles. The molecule has 0 aliphatic carbocycles. The highest BCUT2D eigenvalue weighted by atomic mass is 32.3. The third-order valence-electron chi connectivity index (χ3n) is 4.98. The third-order valence-corrected chi connectivity index (χ3v) is 7.55. The van der Waals surface area contributed by atoms with Crippen LogP contribution >= 0.6 is 11.8 Å². The number of benzene rings is 2. The Morgan fingerprint density at radius 2 is 1.91 bits per heavy atom. The molecule has 0 atom stereocenters. The van der Waals surface area contributed by atoms with Gasteiger partial charge in [-0.3, -0.25) is 10.2 Å². The average Bonchev–Trinajstić information content (AvgIpc) is 3.22. The topological polar surface area (TPSA) is 121 Å². The lowest BCUT2D eigenvalue weighted by Gasteiger charge is -2.20. The molecule has 176 valence electrons. The molecular weight excluding hydrogens is 476 g/mol. The van der Waals surface area contributed by atoms with E-state index in [1.807, 2.05) is 38.1 Å². The van der Waals surface area contributed by atoms with Crippen LogP contribution in [0.15, 0.2) is 58.1 Å². The summed E-state index contributed by atoms with van der Waals surface area (Å²) in [5.41, 5.74) is 2.76. The number of carbonyl (C=O) groups is 1. The number of hydrogen-bond donors (Lipinski definition) is 1. The standard InChI is InChI=1S/C23H22N4O5S2/c1-4-31-19-12-15(9-10-18(19)32-13-16-8-6-5-7-14(16)2)11-17-20(24)27-22(25-21(17)28)33-23(26-27)34(3,29)30/h5-12,24H,4,13H2,1-3H3/b17-11+,24-20?. The number of ether oxygens (including phenoxy) is 2. The van der Waals surface area contributed by atoms with Crippen molar-refractivity contribution >= 4 is 49.0 Å². The van der Waals surface area contributed by atoms with E-state index in [1.54, 1.807) is 18.2 Å². The third kappa shape index (κ3) is 4.90. The second kappa shape index (κ2) is 9.43. The van der Waals surface area contributed by atoms with E-state index in [0.717, 1.165) is 34.2 Å². The number of rotatable bonds is 6. The molecule has 2 aromatic rings. The highest BCUT2D eigenvalue weighted by molar-refractivity contribution is 8.42. The Morgan fingerprint density at radius 3 is 2.62 bits per heavy atom. The number of sulfone groups is 1. The molecule has 0 aromatic heterocycles. The zero-order valence-corrected chi connectivity index (χ0v) is 20.4. The van der Waals surface area contributed by atoms with Gasteiger partial charge in [-0.05, 0) is 60.5 Å². The summed E-state index contributed by atoms with van der Waals surface area (Å²) in [6, 6.07) is 13.1. The number of aliphatic imine (C=N–C) groups is 1. The van der Waals surface area contributed by atoms with E-state index in [-0.39, 0.29) is 21.0 Å². The second-order valence-electron chi connectivity index (χ2n) is 7.51. The predicted molar refractivity (Wildman–Crippen MR) is 133 cm³/mol. The normalized spacial score (nSPS) is 16.9. The Bertz CT molecular complexity index is 1380. The maximum Gasteiger partial charge on any atom is 0.283 e. The van der Waals surface area contributed by atoms with Crippen molar-refractivity contribution in [3.63, 3.8) is 0 Å².